The van der Waals surface area contributed by atoms with E-state index >= 15 is 0 Å². The zero-order valence-electron chi connectivity index (χ0n) is 7.36. The van der Waals surface area contributed by atoms with E-state index in [1.165, 1.54) is 20.2 Å². The molecule has 0 unspecified atom stereocenters. The van der Waals surface area contributed by atoms with Crippen LogP contribution in [0.25, 0.3) is 0 Å². The minimum atomic E-state index is 0.866. The van der Waals surface area contributed by atoms with Crippen LogP contribution in [0.1, 0.15) is 10.7 Å². The third-order valence-corrected chi connectivity index (χ3v) is 5.26. The van der Waals surface area contributed by atoms with E-state index in [2.05, 4.69) is 37.4 Å². The smallest absolute Gasteiger partial charge is 0.170 e. The summed E-state index contributed by atoms with van der Waals surface area (Å²) in [5.74, 6) is 1.84. The van der Waals surface area contributed by atoms with Crippen LogP contribution in [0, 0.1) is 6.92 Å². The highest BCUT2D eigenvalue weighted by molar-refractivity contribution is 9.11. The minimum Gasteiger partial charge on any atom is -0.213 e. The number of rotatable bonds is 3. The Morgan fingerprint density at radius 1 is 1.50 bits per heavy atom. The van der Waals surface area contributed by atoms with Crippen LogP contribution in [0.3, 0.4) is 0 Å². The molecular formula is C8H7BrN2S3. The highest BCUT2D eigenvalue weighted by Crippen LogP contribution is 2.29. The molecule has 0 aliphatic rings. The molecule has 0 spiro atoms. The highest BCUT2D eigenvalue weighted by Gasteiger charge is 2.03. The Bertz CT molecular complexity index is 383. The molecule has 0 atom stereocenters. The van der Waals surface area contributed by atoms with Crippen LogP contribution in [-0.2, 0) is 5.75 Å². The topological polar surface area (TPSA) is 25.8 Å². The van der Waals surface area contributed by atoms with Crippen LogP contribution < -0.4 is 0 Å². The van der Waals surface area contributed by atoms with E-state index in [0.29, 0.717) is 0 Å². The zero-order chi connectivity index (χ0) is 9.97. The molecule has 0 bridgehead atoms. The Hall–Kier alpha value is 0.0900. The molecule has 74 valence electrons. The number of nitrogens with zero attached hydrogens (tertiary/aromatic N) is 2. The highest BCUT2D eigenvalue weighted by atomic mass is 79.9. The Balaban J connectivity index is 1.94. The molecule has 0 amide bonds. The maximum Gasteiger partial charge on any atom is 0.170 e. The normalized spacial score (nSPS) is 10.7. The average molecular weight is 307 g/mol. The van der Waals surface area contributed by atoms with Crippen LogP contribution in [0.4, 0.5) is 0 Å². The van der Waals surface area contributed by atoms with Crippen molar-refractivity contribution in [2.24, 2.45) is 0 Å². The molecule has 2 rings (SSSR count). The Morgan fingerprint density at radius 3 is 2.93 bits per heavy atom. The van der Waals surface area contributed by atoms with Crippen molar-refractivity contribution in [3.63, 3.8) is 0 Å². The second kappa shape index (κ2) is 4.74. The van der Waals surface area contributed by atoms with Crippen molar-refractivity contribution < 1.29 is 0 Å². The molecule has 2 heterocycles. The maximum atomic E-state index is 4.30. The molecule has 2 aromatic rings. The van der Waals surface area contributed by atoms with Gasteiger partial charge in [-0.25, -0.2) is 4.98 Å². The molecule has 0 saturated heterocycles. The van der Waals surface area contributed by atoms with Crippen molar-refractivity contribution in [2.45, 2.75) is 17.0 Å². The van der Waals surface area contributed by atoms with Crippen molar-refractivity contribution in [1.29, 1.82) is 0 Å². The summed E-state index contributed by atoms with van der Waals surface area (Å²) in [7, 11) is 0. The summed E-state index contributed by atoms with van der Waals surface area (Å²) >= 11 is 8.42. The van der Waals surface area contributed by atoms with E-state index in [4.69, 9.17) is 0 Å². The van der Waals surface area contributed by atoms with Crippen molar-refractivity contribution in [3.8, 4) is 0 Å². The van der Waals surface area contributed by atoms with Gasteiger partial charge in [-0.2, -0.15) is 4.37 Å². The van der Waals surface area contributed by atoms with E-state index < -0.39 is 0 Å². The van der Waals surface area contributed by atoms with E-state index in [1.807, 2.05) is 6.92 Å². The largest absolute Gasteiger partial charge is 0.213 e. The van der Waals surface area contributed by atoms with E-state index in [0.717, 1.165) is 15.9 Å². The minimum absolute atomic E-state index is 0.866. The van der Waals surface area contributed by atoms with Gasteiger partial charge in [-0.15, -0.1) is 11.3 Å². The van der Waals surface area contributed by atoms with E-state index in [9.17, 15) is 0 Å². The fraction of sp³-hybridized carbons (Fsp3) is 0.250. The molecular weight excluding hydrogens is 300 g/mol. The molecule has 2 aromatic heterocycles. The lowest BCUT2D eigenvalue weighted by atomic mass is 10.5. The Morgan fingerprint density at radius 2 is 2.36 bits per heavy atom. The molecule has 0 aromatic carbocycles. The summed E-state index contributed by atoms with van der Waals surface area (Å²) in [5.41, 5.74) is 0. The van der Waals surface area contributed by atoms with Gasteiger partial charge in [0.2, 0.25) is 0 Å². The number of halogens is 1. The molecule has 0 saturated carbocycles. The fourth-order valence-corrected chi connectivity index (χ4v) is 4.07. The summed E-state index contributed by atoms with van der Waals surface area (Å²) in [6, 6.07) is 4.21. The lowest BCUT2D eigenvalue weighted by Crippen LogP contribution is -1.74. The van der Waals surface area contributed by atoms with E-state index in [-0.39, 0.29) is 0 Å². The zero-order valence-corrected chi connectivity index (χ0v) is 11.4. The molecule has 0 fully saturated rings. The quantitative estimate of drug-likeness (QED) is 0.803. The molecule has 0 radical (unpaired) electrons. The van der Waals surface area contributed by atoms with Gasteiger partial charge in [0.1, 0.15) is 5.82 Å². The van der Waals surface area contributed by atoms with Crippen LogP contribution in [0.2, 0.25) is 0 Å². The van der Waals surface area contributed by atoms with Gasteiger partial charge >= 0.3 is 0 Å². The third kappa shape index (κ3) is 2.79. The first kappa shape index (κ1) is 10.6. The molecule has 0 aliphatic carbocycles. The standard InChI is InChI=1S/C8H7BrN2S3/c1-5-10-8(14-11-5)12-4-6-2-3-7(9)13-6/h2-3H,4H2,1H3. The lowest BCUT2D eigenvalue weighted by molar-refractivity contribution is 1.10. The lowest BCUT2D eigenvalue weighted by Gasteiger charge is -1.91. The first-order chi connectivity index (χ1) is 6.74. The first-order valence-corrected chi connectivity index (χ1v) is 7.28. The summed E-state index contributed by atoms with van der Waals surface area (Å²) in [6.45, 7) is 1.92. The third-order valence-electron chi connectivity index (χ3n) is 1.48. The summed E-state index contributed by atoms with van der Waals surface area (Å²) in [6.07, 6.45) is 0. The van der Waals surface area contributed by atoms with Crippen molar-refractivity contribution in [2.75, 3.05) is 0 Å². The van der Waals surface area contributed by atoms with Crippen LogP contribution >= 0.6 is 50.6 Å². The summed E-state index contributed by atoms with van der Waals surface area (Å²) in [4.78, 5) is 5.65. The van der Waals surface area contributed by atoms with Gasteiger partial charge in [-0.1, -0.05) is 11.8 Å². The van der Waals surface area contributed by atoms with Gasteiger partial charge in [0.15, 0.2) is 4.34 Å². The number of hydrogen-bond donors (Lipinski definition) is 0. The van der Waals surface area contributed by atoms with Crippen LogP contribution in [0.15, 0.2) is 20.3 Å². The van der Waals surface area contributed by atoms with Gasteiger partial charge < -0.3 is 0 Å². The molecule has 2 nitrogen and oxygen atoms in total. The summed E-state index contributed by atoms with van der Waals surface area (Å²) in [5, 5.41) is 0. The van der Waals surface area contributed by atoms with Crippen molar-refractivity contribution in [3.05, 3.63) is 26.6 Å². The predicted molar refractivity (Wildman–Crippen MR) is 66.2 cm³/mol. The molecule has 0 N–H and O–H groups in total. The molecule has 6 heteroatoms. The second-order valence-electron chi connectivity index (χ2n) is 2.60. The van der Waals surface area contributed by atoms with Gasteiger partial charge in [0.25, 0.3) is 0 Å². The Kier molecular flexibility index (Phi) is 3.59. The van der Waals surface area contributed by atoms with E-state index in [1.54, 1.807) is 23.1 Å². The fourth-order valence-electron chi connectivity index (χ4n) is 0.899. The monoisotopic (exact) mass is 306 g/mol. The average Bonchev–Trinajstić information content (AvgIpc) is 2.72. The Labute approximate surface area is 103 Å². The van der Waals surface area contributed by atoms with Crippen molar-refractivity contribution >= 4 is 50.6 Å². The molecule has 14 heavy (non-hydrogen) atoms. The molecule has 0 aliphatic heterocycles. The number of thioether (sulfide) groups is 1. The van der Waals surface area contributed by atoms with Crippen molar-refractivity contribution in [1.82, 2.24) is 9.36 Å². The van der Waals surface area contributed by atoms with Gasteiger partial charge in [0, 0.05) is 10.6 Å². The van der Waals surface area contributed by atoms with Gasteiger partial charge in [0.05, 0.1) is 3.79 Å². The SMILES string of the molecule is Cc1nsc(SCc2ccc(Br)s2)n1. The number of hydrogen-bond acceptors (Lipinski definition) is 5. The number of thiophene rings is 1. The van der Waals surface area contributed by atoms with Crippen LogP contribution in [0.5, 0.6) is 0 Å². The number of aromatic nitrogens is 2. The maximum absolute atomic E-state index is 4.30. The van der Waals surface area contributed by atoms with Crippen LogP contribution in [-0.4, -0.2) is 9.36 Å². The van der Waals surface area contributed by atoms with Gasteiger partial charge in [-0.3, -0.25) is 0 Å². The first-order valence-electron chi connectivity index (χ1n) is 3.91. The van der Waals surface area contributed by atoms with Gasteiger partial charge in [-0.05, 0) is 46.5 Å². The predicted octanol–water partition coefficient (Wildman–Crippen LogP) is 3.96. The second-order valence-corrected chi connectivity index (χ2v) is 7.12. The number of aryl methyl sites for hydroxylation is 1. The summed E-state index contributed by atoms with van der Waals surface area (Å²) < 4.78 is 6.37.